The molecule has 1 atom stereocenters. The fourth-order valence-corrected chi connectivity index (χ4v) is 3.14. The Bertz CT molecular complexity index is 553. The molecule has 0 aliphatic rings. The number of benzene rings is 1. The van der Waals surface area contributed by atoms with Gasteiger partial charge in [-0.2, -0.15) is 5.10 Å². The van der Waals surface area contributed by atoms with Crippen molar-refractivity contribution in [2.45, 2.75) is 25.9 Å². The van der Waals surface area contributed by atoms with Crippen LogP contribution in [0, 0.1) is 3.57 Å². The number of hydrogen-bond donors (Lipinski definition) is 1. The summed E-state index contributed by atoms with van der Waals surface area (Å²) in [5.41, 5.74) is 2.47. The van der Waals surface area contributed by atoms with Gasteiger partial charge in [-0.15, -0.1) is 0 Å². The lowest BCUT2D eigenvalue weighted by Crippen LogP contribution is -2.18. The summed E-state index contributed by atoms with van der Waals surface area (Å²) in [5.74, 6) is 0. The molecule has 0 aliphatic carbocycles. The second-order valence-electron chi connectivity index (χ2n) is 4.42. The van der Waals surface area contributed by atoms with Crippen LogP contribution in [0.1, 0.15) is 30.5 Å². The van der Waals surface area contributed by atoms with Crippen molar-refractivity contribution in [3.63, 3.8) is 0 Å². The van der Waals surface area contributed by atoms with Gasteiger partial charge >= 0.3 is 0 Å². The number of nitrogens with zero attached hydrogens (tertiary/aromatic N) is 2. The number of halogens is 2. The van der Waals surface area contributed by atoms with E-state index in [1.807, 2.05) is 17.9 Å². The Morgan fingerprint density at radius 2 is 2.26 bits per heavy atom. The molecule has 0 spiro atoms. The minimum atomic E-state index is 0.176. The minimum absolute atomic E-state index is 0.176. The zero-order valence-corrected chi connectivity index (χ0v) is 14.8. The summed E-state index contributed by atoms with van der Waals surface area (Å²) in [4.78, 5) is 0. The van der Waals surface area contributed by atoms with E-state index in [-0.39, 0.29) is 6.04 Å². The molecule has 1 unspecified atom stereocenters. The molecule has 1 aromatic carbocycles. The van der Waals surface area contributed by atoms with E-state index < -0.39 is 0 Å². The highest BCUT2D eigenvalue weighted by atomic mass is 127. The molecule has 0 amide bonds. The van der Waals surface area contributed by atoms with E-state index in [1.165, 1.54) is 14.7 Å². The third kappa shape index (κ3) is 3.58. The largest absolute Gasteiger partial charge is 0.309 e. The monoisotopic (exact) mass is 433 g/mol. The van der Waals surface area contributed by atoms with Gasteiger partial charge in [-0.05, 0) is 59.8 Å². The predicted molar refractivity (Wildman–Crippen MR) is 90.3 cm³/mol. The summed E-state index contributed by atoms with van der Waals surface area (Å²) in [6, 6.07) is 6.54. The number of hydrogen-bond acceptors (Lipinski definition) is 2. The number of nitrogens with one attached hydrogen (secondary N) is 1. The summed E-state index contributed by atoms with van der Waals surface area (Å²) < 4.78 is 4.36. The van der Waals surface area contributed by atoms with Crippen molar-refractivity contribution in [1.82, 2.24) is 15.1 Å². The Hall–Kier alpha value is -0.400. The second-order valence-corrected chi connectivity index (χ2v) is 6.50. The molecular weight excluding hydrogens is 417 g/mol. The van der Waals surface area contributed by atoms with Crippen molar-refractivity contribution in [1.29, 1.82) is 0 Å². The third-order valence-corrected chi connectivity index (χ3v) is 4.47. The highest BCUT2D eigenvalue weighted by Crippen LogP contribution is 2.28. The van der Waals surface area contributed by atoms with E-state index >= 15 is 0 Å². The average molecular weight is 434 g/mol. The lowest BCUT2D eigenvalue weighted by molar-refractivity contribution is 0.600. The fourth-order valence-electron chi connectivity index (χ4n) is 2.12. The first-order chi connectivity index (χ1) is 9.15. The minimum Gasteiger partial charge on any atom is -0.309 e. The number of rotatable bonds is 5. The third-order valence-electron chi connectivity index (χ3n) is 3.00. The molecule has 1 heterocycles. The summed E-state index contributed by atoms with van der Waals surface area (Å²) in [6.45, 7) is 3.13. The average Bonchev–Trinajstić information content (AvgIpc) is 2.83. The van der Waals surface area contributed by atoms with Crippen molar-refractivity contribution >= 4 is 38.5 Å². The summed E-state index contributed by atoms with van der Waals surface area (Å²) in [5, 5.41) is 7.79. The van der Waals surface area contributed by atoms with Crippen LogP contribution in [-0.2, 0) is 6.54 Å². The first-order valence-electron chi connectivity index (χ1n) is 6.30. The van der Waals surface area contributed by atoms with E-state index in [9.17, 15) is 0 Å². The van der Waals surface area contributed by atoms with Crippen LogP contribution < -0.4 is 5.32 Å². The van der Waals surface area contributed by atoms with E-state index in [4.69, 9.17) is 0 Å². The van der Waals surface area contributed by atoms with Crippen molar-refractivity contribution in [3.8, 4) is 0 Å². The van der Waals surface area contributed by atoms with Gasteiger partial charge in [0.2, 0.25) is 0 Å². The molecule has 5 heteroatoms. The highest BCUT2D eigenvalue weighted by Gasteiger charge is 2.17. The molecule has 0 aliphatic heterocycles. The Kier molecular flexibility index (Phi) is 5.41. The van der Waals surface area contributed by atoms with Crippen LogP contribution in [0.5, 0.6) is 0 Å². The van der Waals surface area contributed by atoms with Crippen LogP contribution in [0.3, 0.4) is 0 Å². The number of aromatic nitrogens is 2. The molecule has 3 nitrogen and oxygen atoms in total. The van der Waals surface area contributed by atoms with Gasteiger partial charge in [-0.25, -0.2) is 0 Å². The van der Waals surface area contributed by atoms with Gasteiger partial charge in [-0.3, -0.25) is 4.68 Å². The lowest BCUT2D eigenvalue weighted by atomic mass is 10.0. The lowest BCUT2D eigenvalue weighted by Gasteiger charge is -2.17. The Balaban J connectivity index is 2.35. The molecule has 1 aromatic heterocycles. The van der Waals surface area contributed by atoms with E-state index in [0.29, 0.717) is 0 Å². The molecule has 2 aromatic rings. The smallest absolute Gasteiger partial charge is 0.0616 e. The zero-order valence-electron chi connectivity index (χ0n) is 11.0. The first-order valence-corrected chi connectivity index (χ1v) is 8.17. The van der Waals surface area contributed by atoms with Gasteiger partial charge in [0.05, 0.1) is 12.2 Å². The maximum atomic E-state index is 4.41. The van der Waals surface area contributed by atoms with Crippen molar-refractivity contribution in [3.05, 3.63) is 49.8 Å². The molecular formula is C14H17BrIN3. The quantitative estimate of drug-likeness (QED) is 0.723. The Morgan fingerprint density at radius 3 is 2.95 bits per heavy atom. The van der Waals surface area contributed by atoms with Gasteiger partial charge in [0.15, 0.2) is 0 Å². The standard InChI is InChI=1S/C14H17BrIN3/c1-3-6-19-9-10(8-18-19)14(17-2)12-7-11(15)4-5-13(12)16/h4-5,7-9,14,17H,3,6H2,1-2H3. The zero-order chi connectivity index (χ0) is 13.8. The van der Waals surface area contributed by atoms with Crippen LogP contribution in [0.4, 0.5) is 0 Å². The second kappa shape index (κ2) is 6.85. The molecule has 0 radical (unpaired) electrons. The molecule has 2 rings (SSSR count). The molecule has 1 N–H and O–H groups in total. The number of aryl methyl sites for hydroxylation is 1. The maximum Gasteiger partial charge on any atom is 0.0616 e. The first kappa shape index (κ1) is 15.0. The van der Waals surface area contributed by atoms with Crippen LogP contribution in [-0.4, -0.2) is 16.8 Å². The topological polar surface area (TPSA) is 29.9 Å². The summed E-state index contributed by atoms with van der Waals surface area (Å²) in [6.07, 6.45) is 5.18. The summed E-state index contributed by atoms with van der Waals surface area (Å²) >= 11 is 5.92. The normalized spacial score (nSPS) is 12.6. The Labute approximate surface area is 136 Å². The van der Waals surface area contributed by atoms with Crippen molar-refractivity contribution in [2.24, 2.45) is 0 Å². The molecule has 19 heavy (non-hydrogen) atoms. The Morgan fingerprint density at radius 1 is 1.47 bits per heavy atom. The van der Waals surface area contributed by atoms with Gasteiger partial charge in [0, 0.05) is 26.3 Å². The van der Waals surface area contributed by atoms with Gasteiger partial charge in [0.25, 0.3) is 0 Å². The van der Waals surface area contributed by atoms with Crippen LogP contribution in [0.2, 0.25) is 0 Å². The van der Waals surface area contributed by atoms with E-state index in [2.05, 4.69) is 80.3 Å². The van der Waals surface area contributed by atoms with E-state index in [1.54, 1.807) is 0 Å². The van der Waals surface area contributed by atoms with Gasteiger partial charge < -0.3 is 5.32 Å². The molecule has 0 saturated heterocycles. The van der Waals surface area contributed by atoms with Crippen LogP contribution in [0.15, 0.2) is 35.1 Å². The predicted octanol–water partition coefficient (Wildman–Crippen LogP) is 3.97. The van der Waals surface area contributed by atoms with Crippen molar-refractivity contribution < 1.29 is 0 Å². The van der Waals surface area contributed by atoms with Gasteiger partial charge in [-0.1, -0.05) is 22.9 Å². The molecule has 0 bridgehead atoms. The SMILES string of the molecule is CCCn1cc(C(NC)c2cc(Br)ccc2I)cn1. The molecule has 0 fully saturated rings. The van der Waals surface area contributed by atoms with Crippen molar-refractivity contribution in [2.75, 3.05) is 7.05 Å². The van der Waals surface area contributed by atoms with Crippen LogP contribution >= 0.6 is 38.5 Å². The van der Waals surface area contributed by atoms with Gasteiger partial charge in [0.1, 0.15) is 0 Å². The maximum absolute atomic E-state index is 4.41. The summed E-state index contributed by atoms with van der Waals surface area (Å²) in [7, 11) is 1.98. The van der Waals surface area contributed by atoms with E-state index in [0.717, 1.165) is 17.4 Å². The van der Waals surface area contributed by atoms with Crippen LogP contribution in [0.25, 0.3) is 0 Å². The highest BCUT2D eigenvalue weighted by molar-refractivity contribution is 14.1. The molecule has 102 valence electrons. The fraction of sp³-hybridized carbons (Fsp3) is 0.357. The molecule has 0 saturated carbocycles.